The number of hydrogen-bond acceptors (Lipinski definition) is 3. The Labute approximate surface area is 118 Å². The van der Waals surface area contributed by atoms with Crippen LogP contribution in [0.4, 0.5) is 10.5 Å². The summed E-state index contributed by atoms with van der Waals surface area (Å²) in [6.07, 6.45) is 3.46. The SMILES string of the molecule is CN(Cc1cccnc1)C(=O)Nc1cccc(CN)c1. The normalized spacial score (nSPS) is 10.1. The topological polar surface area (TPSA) is 71.2 Å². The molecule has 2 aromatic rings. The van der Waals surface area contributed by atoms with Crippen LogP contribution in [-0.2, 0) is 13.1 Å². The molecule has 104 valence electrons. The van der Waals surface area contributed by atoms with Gasteiger partial charge < -0.3 is 16.0 Å². The van der Waals surface area contributed by atoms with Crippen molar-refractivity contribution >= 4 is 11.7 Å². The predicted molar refractivity (Wildman–Crippen MR) is 79.1 cm³/mol. The van der Waals surface area contributed by atoms with E-state index in [4.69, 9.17) is 5.73 Å². The minimum atomic E-state index is -0.164. The van der Waals surface area contributed by atoms with Gasteiger partial charge in [-0.3, -0.25) is 4.98 Å². The molecule has 3 N–H and O–H groups in total. The molecule has 0 bridgehead atoms. The molecule has 0 spiro atoms. The van der Waals surface area contributed by atoms with Crippen molar-refractivity contribution in [1.82, 2.24) is 9.88 Å². The van der Waals surface area contributed by atoms with E-state index in [2.05, 4.69) is 10.3 Å². The molecule has 0 fully saturated rings. The number of benzene rings is 1. The molecule has 20 heavy (non-hydrogen) atoms. The van der Waals surface area contributed by atoms with Crippen LogP contribution in [0.5, 0.6) is 0 Å². The maximum Gasteiger partial charge on any atom is 0.321 e. The lowest BCUT2D eigenvalue weighted by Gasteiger charge is -2.18. The highest BCUT2D eigenvalue weighted by Crippen LogP contribution is 2.11. The number of aromatic nitrogens is 1. The van der Waals surface area contributed by atoms with Crippen LogP contribution < -0.4 is 11.1 Å². The fourth-order valence-corrected chi connectivity index (χ4v) is 1.83. The molecule has 1 heterocycles. The van der Waals surface area contributed by atoms with E-state index in [0.29, 0.717) is 13.1 Å². The summed E-state index contributed by atoms with van der Waals surface area (Å²) in [5, 5.41) is 2.85. The number of nitrogens with two attached hydrogens (primary N) is 1. The van der Waals surface area contributed by atoms with Crippen LogP contribution in [0, 0.1) is 0 Å². The van der Waals surface area contributed by atoms with Crippen molar-refractivity contribution in [1.29, 1.82) is 0 Å². The monoisotopic (exact) mass is 270 g/mol. The van der Waals surface area contributed by atoms with E-state index in [-0.39, 0.29) is 6.03 Å². The number of hydrogen-bond donors (Lipinski definition) is 2. The van der Waals surface area contributed by atoms with Gasteiger partial charge in [0.2, 0.25) is 0 Å². The Balaban J connectivity index is 1.97. The lowest BCUT2D eigenvalue weighted by Crippen LogP contribution is -2.30. The zero-order valence-corrected chi connectivity index (χ0v) is 11.4. The van der Waals surface area contributed by atoms with E-state index in [1.54, 1.807) is 24.3 Å². The molecule has 1 aromatic heterocycles. The molecular weight excluding hydrogens is 252 g/mol. The number of carbonyl (C=O) groups is 1. The molecule has 0 aliphatic rings. The Kier molecular flexibility index (Phi) is 4.68. The maximum atomic E-state index is 12.1. The van der Waals surface area contributed by atoms with E-state index < -0.39 is 0 Å². The molecule has 1 aromatic carbocycles. The molecule has 0 saturated carbocycles. The number of amides is 2. The average molecular weight is 270 g/mol. The van der Waals surface area contributed by atoms with Gasteiger partial charge in [-0.2, -0.15) is 0 Å². The van der Waals surface area contributed by atoms with E-state index in [1.165, 1.54) is 0 Å². The van der Waals surface area contributed by atoms with Gasteiger partial charge >= 0.3 is 6.03 Å². The first-order valence-corrected chi connectivity index (χ1v) is 6.39. The van der Waals surface area contributed by atoms with Crippen LogP contribution in [0.25, 0.3) is 0 Å². The Morgan fingerprint density at radius 3 is 2.80 bits per heavy atom. The number of urea groups is 1. The largest absolute Gasteiger partial charge is 0.326 e. The summed E-state index contributed by atoms with van der Waals surface area (Å²) in [5.74, 6) is 0. The lowest BCUT2D eigenvalue weighted by atomic mass is 10.2. The van der Waals surface area contributed by atoms with Crippen LogP contribution >= 0.6 is 0 Å². The van der Waals surface area contributed by atoms with Crippen molar-refractivity contribution in [2.45, 2.75) is 13.1 Å². The second-order valence-electron chi connectivity index (χ2n) is 4.55. The Bertz CT molecular complexity index is 571. The first-order valence-electron chi connectivity index (χ1n) is 6.39. The molecule has 0 aliphatic carbocycles. The van der Waals surface area contributed by atoms with E-state index in [9.17, 15) is 4.79 Å². The Morgan fingerprint density at radius 2 is 2.10 bits per heavy atom. The van der Waals surface area contributed by atoms with Crippen molar-refractivity contribution < 1.29 is 4.79 Å². The Morgan fingerprint density at radius 1 is 1.30 bits per heavy atom. The molecule has 0 unspecified atom stereocenters. The predicted octanol–water partition coefficient (Wildman–Crippen LogP) is 2.20. The quantitative estimate of drug-likeness (QED) is 0.894. The highest BCUT2D eigenvalue weighted by Gasteiger charge is 2.09. The molecular formula is C15H18N4O. The van der Waals surface area contributed by atoms with Gasteiger partial charge in [-0.25, -0.2) is 4.79 Å². The fourth-order valence-electron chi connectivity index (χ4n) is 1.83. The molecule has 2 rings (SSSR count). The number of anilines is 1. The first kappa shape index (κ1) is 14.0. The van der Waals surface area contributed by atoms with Gasteiger partial charge in [-0.1, -0.05) is 18.2 Å². The lowest BCUT2D eigenvalue weighted by molar-refractivity contribution is 0.220. The fraction of sp³-hybridized carbons (Fsp3) is 0.200. The van der Waals surface area contributed by atoms with Crippen molar-refractivity contribution in [2.75, 3.05) is 12.4 Å². The number of pyridine rings is 1. The van der Waals surface area contributed by atoms with Gasteiger partial charge in [-0.05, 0) is 29.3 Å². The van der Waals surface area contributed by atoms with Gasteiger partial charge in [0.15, 0.2) is 0 Å². The smallest absolute Gasteiger partial charge is 0.321 e. The zero-order valence-electron chi connectivity index (χ0n) is 11.4. The highest BCUT2D eigenvalue weighted by atomic mass is 16.2. The van der Waals surface area contributed by atoms with E-state index in [1.807, 2.05) is 36.4 Å². The maximum absolute atomic E-state index is 12.1. The van der Waals surface area contributed by atoms with E-state index >= 15 is 0 Å². The standard InChI is InChI=1S/C15H18N4O/c1-19(11-13-5-3-7-17-10-13)15(20)18-14-6-2-4-12(8-14)9-16/h2-8,10H,9,11,16H2,1H3,(H,18,20). The molecule has 0 saturated heterocycles. The van der Waals surface area contributed by atoms with Gasteiger partial charge in [0.05, 0.1) is 0 Å². The van der Waals surface area contributed by atoms with Crippen molar-refractivity contribution in [3.63, 3.8) is 0 Å². The average Bonchev–Trinajstić information content (AvgIpc) is 2.48. The summed E-state index contributed by atoms with van der Waals surface area (Å²) >= 11 is 0. The summed E-state index contributed by atoms with van der Waals surface area (Å²) in [4.78, 5) is 17.7. The summed E-state index contributed by atoms with van der Waals surface area (Å²) in [6, 6.07) is 11.1. The third-order valence-corrected chi connectivity index (χ3v) is 2.90. The summed E-state index contributed by atoms with van der Waals surface area (Å²) in [6.45, 7) is 0.964. The van der Waals surface area contributed by atoms with Crippen molar-refractivity contribution in [3.05, 3.63) is 59.9 Å². The number of carbonyl (C=O) groups excluding carboxylic acids is 1. The van der Waals surface area contributed by atoms with Crippen LogP contribution in [0.15, 0.2) is 48.8 Å². The second kappa shape index (κ2) is 6.68. The van der Waals surface area contributed by atoms with Gasteiger partial charge in [-0.15, -0.1) is 0 Å². The summed E-state index contributed by atoms with van der Waals surface area (Å²) < 4.78 is 0. The van der Waals surface area contributed by atoms with Gasteiger partial charge in [0, 0.05) is 38.2 Å². The van der Waals surface area contributed by atoms with Crippen LogP contribution in [0.3, 0.4) is 0 Å². The molecule has 5 nitrogen and oxygen atoms in total. The number of rotatable bonds is 4. The second-order valence-corrected chi connectivity index (χ2v) is 4.55. The highest BCUT2D eigenvalue weighted by molar-refractivity contribution is 5.89. The summed E-state index contributed by atoms with van der Waals surface area (Å²) in [5.41, 5.74) is 8.30. The summed E-state index contributed by atoms with van der Waals surface area (Å²) in [7, 11) is 1.75. The van der Waals surface area contributed by atoms with Crippen LogP contribution in [0.1, 0.15) is 11.1 Å². The van der Waals surface area contributed by atoms with E-state index in [0.717, 1.165) is 16.8 Å². The van der Waals surface area contributed by atoms with Gasteiger partial charge in [0.1, 0.15) is 0 Å². The Hall–Kier alpha value is -2.40. The van der Waals surface area contributed by atoms with Crippen molar-refractivity contribution in [2.24, 2.45) is 5.73 Å². The number of nitrogens with zero attached hydrogens (tertiary/aromatic N) is 2. The number of nitrogens with one attached hydrogen (secondary N) is 1. The molecule has 5 heteroatoms. The minimum absolute atomic E-state index is 0.164. The van der Waals surface area contributed by atoms with Gasteiger partial charge in [0.25, 0.3) is 0 Å². The first-order chi connectivity index (χ1) is 9.69. The van der Waals surface area contributed by atoms with Crippen molar-refractivity contribution in [3.8, 4) is 0 Å². The molecule has 0 radical (unpaired) electrons. The minimum Gasteiger partial charge on any atom is -0.326 e. The molecule has 0 aliphatic heterocycles. The van der Waals surface area contributed by atoms with Crippen LogP contribution in [-0.4, -0.2) is 23.0 Å². The molecule has 2 amide bonds. The molecule has 0 atom stereocenters. The third-order valence-electron chi connectivity index (χ3n) is 2.90. The third kappa shape index (κ3) is 3.80. The zero-order chi connectivity index (χ0) is 14.4. The van der Waals surface area contributed by atoms with Crippen LogP contribution in [0.2, 0.25) is 0 Å².